The molecule has 0 amide bonds. The van der Waals surface area contributed by atoms with E-state index in [1.807, 2.05) is 0 Å². The average Bonchev–Trinajstić information content (AvgIpc) is 2.43. The molecule has 1 aromatic rings. The molecule has 1 heterocycles. The Morgan fingerprint density at radius 1 is 1.58 bits per heavy atom. The highest BCUT2D eigenvalue weighted by Gasteiger charge is 2.05. The first-order chi connectivity index (χ1) is 5.77. The number of alkyl halides is 1. The van der Waals surface area contributed by atoms with E-state index in [-0.39, 0.29) is 0 Å². The highest BCUT2D eigenvalue weighted by molar-refractivity contribution is 9.10. The van der Waals surface area contributed by atoms with Gasteiger partial charge in [0.25, 0.3) is 0 Å². The van der Waals surface area contributed by atoms with Crippen molar-refractivity contribution >= 4 is 43.2 Å². The molecule has 0 aromatic carbocycles. The van der Waals surface area contributed by atoms with Crippen LogP contribution in [0.4, 0.5) is 0 Å². The standard InChI is InChI=1S/C8H10Br2OS/c1-11-8-7(10)5-6(12-8)3-2-4-9/h5H,2-4H2,1H3. The lowest BCUT2D eigenvalue weighted by Gasteiger charge is -1.92. The van der Waals surface area contributed by atoms with Crippen LogP contribution in [-0.4, -0.2) is 12.4 Å². The minimum absolute atomic E-state index is 0.972. The van der Waals surface area contributed by atoms with Crippen LogP contribution in [0.15, 0.2) is 10.5 Å². The molecule has 0 atom stereocenters. The van der Waals surface area contributed by atoms with Crippen molar-refractivity contribution in [2.24, 2.45) is 0 Å². The van der Waals surface area contributed by atoms with Gasteiger partial charge < -0.3 is 4.74 Å². The van der Waals surface area contributed by atoms with Crippen molar-refractivity contribution in [1.29, 1.82) is 0 Å². The molecule has 1 rings (SSSR count). The molecule has 0 aliphatic heterocycles. The van der Waals surface area contributed by atoms with Gasteiger partial charge in [0.1, 0.15) is 0 Å². The summed E-state index contributed by atoms with van der Waals surface area (Å²) < 4.78 is 6.23. The van der Waals surface area contributed by atoms with Gasteiger partial charge in [-0.15, -0.1) is 11.3 Å². The molecule has 68 valence electrons. The van der Waals surface area contributed by atoms with Crippen molar-refractivity contribution in [2.75, 3.05) is 12.4 Å². The van der Waals surface area contributed by atoms with Gasteiger partial charge in [-0.25, -0.2) is 0 Å². The van der Waals surface area contributed by atoms with Crippen molar-refractivity contribution < 1.29 is 4.74 Å². The maximum atomic E-state index is 5.17. The van der Waals surface area contributed by atoms with Crippen LogP contribution in [0, 0.1) is 0 Å². The third-order valence-electron chi connectivity index (χ3n) is 1.45. The van der Waals surface area contributed by atoms with Gasteiger partial charge >= 0.3 is 0 Å². The number of hydrogen-bond donors (Lipinski definition) is 0. The summed E-state index contributed by atoms with van der Waals surface area (Å²) in [5.74, 6) is 0. The van der Waals surface area contributed by atoms with Crippen LogP contribution in [0.25, 0.3) is 0 Å². The second kappa shape index (κ2) is 5.25. The largest absolute Gasteiger partial charge is 0.486 e. The van der Waals surface area contributed by atoms with Crippen molar-refractivity contribution in [3.63, 3.8) is 0 Å². The lowest BCUT2D eigenvalue weighted by molar-refractivity contribution is 0.425. The zero-order chi connectivity index (χ0) is 8.97. The first kappa shape index (κ1) is 10.5. The second-order valence-electron chi connectivity index (χ2n) is 2.34. The Morgan fingerprint density at radius 3 is 2.83 bits per heavy atom. The summed E-state index contributed by atoms with van der Waals surface area (Å²) in [6, 6.07) is 2.13. The Kier molecular flexibility index (Phi) is 4.61. The fraction of sp³-hybridized carbons (Fsp3) is 0.500. The van der Waals surface area contributed by atoms with Crippen molar-refractivity contribution in [3.05, 3.63) is 15.4 Å². The predicted molar refractivity (Wildman–Crippen MR) is 60.7 cm³/mol. The highest BCUT2D eigenvalue weighted by atomic mass is 79.9. The van der Waals surface area contributed by atoms with E-state index in [0.29, 0.717) is 0 Å². The lowest BCUT2D eigenvalue weighted by Crippen LogP contribution is -1.79. The predicted octanol–water partition coefficient (Wildman–Crippen LogP) is 3.85. The Balaban J connectivity index is 2.62. The molecular weight excluding hydrogens is 304 g/mol. The van der Waals surface area contributed by atoms with Crippen LogP contribution < -0.4 is 4.74 Å². The van der Waals surface area contributed by atoms with E-state index in [4.69, 9.17) is 4.74 Å². The summed E-state index contributed by atoms with van der Waals surface area (Å²) in [4.78, 5) is 1.37. The maximum absolute atomic E-state index is 5.17. The van der Waals surface area contributed by atoms with E-state index in [9.17, 15) is 0 Å². The fourth-order valence-electron chi connectivity index (χ4n) is 0.901. The van der Waals surface area contributed by atoms with E-state index in [1.54, 1.807) is 18.4 Å². The zero-order valence-electron chi connectivity index (χ0n) is 6.77. The first-order valence-electron chi connectivity index (χ1n) is 3.66. The maximum Gasteiger partial charge on any atom is 0.188 e. The Hall–Kier alpha value is 0.460. The molecule has 1 nitrogen and oxygen atoms in total. The summed E-state index contributed by atoms with van der Waals surface area (Å²) in [6.07, 6.45) is 2.30. The minimum atomic E-state index is 0.972. The summed E-state index contributed by atoms with van der Waals surface area (Å²) in [5.41, 5.74) is 0. The number of halogens is 2. The van der Waals surface area contributed by atoms with Gasteiger partial charge in [0.15, 0.2) is 5.06 Å². The molecule has 0 spiro atoms. The number of thiophene rings is 1. The van der Waals surface area contributed by atoms with Gasteiger partial charge in [-0.2, -0.15) is 0 Å². The number of methoxy groups -OCH3 is 1. The van der Waals surface area contributed by atoms with E-state index in [1.165, 1.54) is 11.3 Å². The molecule has 0 fully saturated rings. The normalized spacial score (nSPS) is 10.2. The molecule has 1 aromatic heterocycles. The minimum Gasteiger partial charge on any atom is -0.486 e. The molecule has 0 saturated heterocycles. The Labute approximate surface area is 93.4 Å². The average molecular weight is 314 g/mol. The number of ether oxygens (including phenoxy) is 1. The second-order valence-corrected chi connectivity index (χ2v) is 5.09. The van der Waals surface area contributed by atoms with Crippen LogP contribution in [0.3, 0.4) is 0 Å². The topological polar surface area (TPSA) is 9.23 Å². The highest BCUT2D eigenvalue weighted by Crippen LogP contribution is 2.35. The van der Waals surface area contributed by atoms with Crippen LogP contribution >= 0.6 is 43.2 Å². The molecule has 12 heavy (non-hydrogen) atoms. The summed E-state index contributed by atoms with van der Waals surface area (Å²) >= 11 is 8.56. The van der Waals surface area contributed by atoms with Crippen LogP contribution in [0.5, 0.6) is 5.06 Å². The lowest BCUT2D eigenvalue weighted by atomic mass is 10.3. The van der Waals surface area contributed by atoms with E-state index >= 15 is 0 Å². The Morgan fingerprint density at radius 2 is 2.33 bits per heavy atom. The van der Waals surface area contributed by atoms with Crippen LogP contribution in [0.2, 0.25) is 0 Å². The molecule has 0 aliphatic rings. The summed E-state index contributed by atoms with van der Waals surface area (Å²) in [5, 5.41) is 2.03. The number of hydrogen-bond acceptors (Lipinski definition) is 2. The van der Waals surface area contributed by atoms with Crippen molar-refractivity contribution in [2.45, 2.75) is 12.8 Å². The van der Waals surface area contributed by atoms with Crippen molar-refractivity contribution in [1.82, 2.24) is 0 Å². The third kappa shape index (κ3) is 2.75. The molecule has 0 saturated carbocycles. The van der Waals surface area contributed by atoms with Crippen LogP contribution in [-0.2, 0) is 6.42 Å². The van der Waals surface area contributed by atoms with Crippen LogP contribution in [0.1, 0.15) is 11.3 Å². The smallest absolute Gasteiger partial charge is 0.188 e. The van der Waals surface area contributed by atoms with Gasteiger partial charge in [0.2, 0.25) is 0 Å². The number of rotatable bonds is 4. The molecular formula is C8H10Br2OS. The van der Waals surface area contributed by atoms with Gasteiger partial charge in [-0.05, 0) is 34.8 Å². The van der Waals surface area contributed by atoms with Gasteiger partial charge in [0.05, 0.1) is 11.6 Å². The molecule has 0 radical (unpaired) electrons. The van der Waals surface area contributed by atoms with Gasteiger partial charge in [0, 0.05) is 10.2 Å². The van der Waals surface area contributed by atoms with E-state index in [0.717, 1.165) is 21.3 Å². The first-order valence-corrected chi connectivity index (χ1v) is 6.39. The van der Waals surface area contributed by atoms with E-state index < -0.39 is 0 Å². The van der Waals surface area contributed by atoms with Gasteiger partial charge in [-0.3, -0.25) is 0 Å². The quantitative estimate of drug-likeness (QED) is 0.767. The molecule has 0 N–H and O–H groups in total. The molecule has 0 bridgehead atoms. The third-order valence-corrected chi connectivity index (χ3v) is 4.02. The summed E-state index contributed by atoms with van der Waals surface area (Å²) in [7, 11) is 1.70. The molecule has 0 unspecified atom stereocenters. The summed E-state index contributed by atoms with van der Waals surface area (Å²) in [6.45, 7) is 0. The molecule has 4 heteroatoms. The van der Waals surface area contributed by atoms with Crippen molar-refractivity contribution in [3.8, 4) is 5.06 Å². The monoisotopic (exact) mass is 312 g/mol. The number of aryl methyl sites for hydroxylation is 1. The SMILES string of the molecule is COc1sc(CCCBr)cc1Br. The Bertz CT molecular complexity index is 247. The molecule has 0 aliphatic carbocycles. The fourth-order valence-corrected chi connectivity index (χ4v) is 2.91. The van der Waals surface area contributed by atoms with E-state index in [2.05, 4.69) is 37.9 Å². The van der Waals surface area contributed by atoms with Gasteiger partial charge in [-0.1, -0.05) is 15.9 Å². The zero-order valence-corrected chi connectivity index (χ0v) is 10.8.